The summed E-state index contributed by atoms with van der Waals surface area (Å²) >= 11 is 0. The molecular formula is C14H18N4O. The Labute approximate surface area is 112 Å². The van der Waals surface area contributed by atoms with Crippen LogP contribution in [-0.2, 0) is 6.54 Å². The Bertz CT molecular complexity index is 594. The first kappa shape index (κ1) is 13.4. The summed E-state index contributed by atoms with van der Waals surface area (Å²) in [7, 11) is 2.00. The van der Waals surface area contributed by atoms with Crippen LogP contribution in [-0.4, -0.2) is 26.9 Å². The van der Waals surface area contributed by atoms with Crippen LogP contribution in [0.1, 0.15) is 30.2 Å². The van der Waals surface area contributed by atoms with Crippen LogP contribution in [0.5, 0.6) is 0 Å². The number of rotatable bonds is 4. The third-order valence-corrected chi connectivity index (χ3v) is 3.10. The Morgan fingerprint density at radius 1 is 1.42 bits per heavy atom. The van der Waals surface area contributed by atoms with Gasteiger partial charge in [-0.05, 0) is 33.0 Å². The molecule has 0 saturated heterocycles. The molecule has 2 rings (SSSR count). The molecule has 0 aliphatic heterocycles. The average molecular weight is 258 g/mol. The Morgan fingerprint density at radius 2 is 2.21 bits per heavy atom. The van der Waals surface area contributed by atoms with Crippen LogP contribution in [0.15, 0.2) is 35.3 Å². The number of H-pyrrole nitrogens is 1. The molecular weight excluding hydrogens is 240 g/mol. The fourth-order valence-electron chi connectivity index (χ4n) is 1.96. The summed E-state index contributed by atoms with van der Waals surface area (Å²) in [6.07, 6.45) is 1.79. The molecule has 100 valence electrons. The van der Waals surface area contributed by atoms with Gasteiger partial charge in [0.1, 0.15) is 5.82 Å². The summed E-state index contributed by atoms with van der Waals surface area (Å²) in [6.45, 7) is 4.48. The van der Waals surface area contributed by atoms with Crippen molar-refractivity contribution in [3.8, 4) is 0 Å². The zero-order valence-electron chi connectivity index (χ0n) is 11.4. The lowest BCUT2D eigenvalue weighted by Gasteiger charge is -2.23. The van der Waals surface area contributed by atoms with Crippen molar-refractivity contribution in [3.05, 3.63) is 58.0 Å². The Hall–Kier alpha value is -2.01. The normalized spacial score (nSPS) is 12.6. The van der Waals surface area contributed by atoms with Crippen molar-refractivity contribution < 1.29 is 0 Å². The molecule has 5 nitrogen and oxygen atoms in total. The molecule has 0 saturated carbocycles. The standard InChI is InChI=1S/C14H18N4O/c1-10(13-6-4-5-7-15-13)18(3)9-12-8-14(19)17-11(2)16-12/h4-8,10H,9H2,1-3H3,(H,16,17,19). The number of pyridine rings is 1. The summed E-state index contributed by atoms with van der Waals surface area (Å²) in [5, 5.41) is 0. The monoisotopic (exact) mass is 258 g/mol. The second-order valence-electron chi connectivity index (χ2n) is 4.67. The lowest BCUT2D eigenvalue weighted by Crippen LogP contribution is -2.24. The molecule has 1 atom stereocenters. The fraction of sp³-hybridized carbons (Fsp3) is 0.357. The van der Waals surface area contributed by atoms with Crippen LogP contribution in [0.2, 0.25) is 0 Å². The van der Waals surface area contributed by atoms with Crippen LogP contribution < -0.4 is 5.56 Å². The van der Waals surface area contributed by atoms with Gasteiger partial charge in [-0.2, -0.15) is 0 Å². The second-order valence-corrected chi connectivity index (χ2v) is 4.67. The van der Waals surface area contributed by atoms with E-state index in [2.05, 4.69) is 26.8 Å². The van der Waals surface area contributed by atoms with E-state index in [1.165, 1.54) is 6.07 Å². The zero-order valence-corrected chi connectivity index (χ0v) is 11.4. The van der Waals surface area contributed by atoms with E-state index in [0.29, 0.717) is 12.4 Å². The van der Waals surface area contributed by atoms with Crippen LogP contribution in [0.3, 0.4) is 0 Å². The van der Waals surface area contributed by atoms with Crippen molar-refractivity contribution in [3.63, 3.8) is 0 Å². The molecule has 1 N–H and O–H groups in total. The molecule has 0 radical (unpaired) electrons. The van der Waals surface area contributed by atoms with Gasteiger partial charge in [-0.3, -0.25) is 14.7 Å². The SMILES string of the molecule is Cc1nc(CN(C)C(C)c2ccccn2)cc(=O)[nH]1. The first-order valence-corrected chi connectivity index (χ1v) is 6.24. The maximum atomic E-state index is 11.4. The third kappa shape index (κ3) is 3.48. The number of aromatic amines is 1. The summed E-state index contributed by atoms with van der Waals surface area (Å²) in [4.78, 5) is 24.8. The van der Waals surface area contributed by atoms with E-state index in [1.807, 2.05) is 25.2 Å². The molecule has 19 heavy (non-hydrogen) atoms. The molecule has 0 aliphatic carbocycles. The highest BCUT2D eigenvalue weighted by molar-refractivity contribution is 5.09. The average Bonchev–Trinajstić information content (AvgIpc) is 2.37. The number of nitrogens with one attached hydrogen (secondary N) is 1. The highest BCUT2D eigenvalue weighted by Gasteiger charge is 2.13. The molecule has 5 heteroatoms. The van der Waals surface area contributed by atoms with E-state index in [4.69, 9.17) is 0 Å². The Kier molecular flexibility index (Phi) is 4.06. The topological polar surface area (TPSA) is 61.9 Å². The molecule has 0 bridgehead atoms. The van der Waals surface area contributed by atoms with Gasteiger partial charge in [-0.15, -0.1) is 0 Å². The molecule has 0 aliphatic rings. The van der Waals surface area contributed by atoms with E-state index in [0.717, 1.165) is 11.4 Å². The summed E-state index contributed by atoms with van der Waals surface area (Å²) in [5.74, 6) is 0.640. The van der Waals surface area contributed by atoms with Gasteiger partial charge in [0, 0.05) is 24.8 Å². The first-order valence-electron chi connectivity index (χ1n) is 6.24. The smallest absolute Gasteiger partial charge is 0.251 e. The van der Waals surface area contributed by atoms with Crippen LogP contribution in [0, 0.1) is 6.92 Å². The van der Waals surface area contributed by atoms with Crippen LogP contribution in [0.25, 0.3) is 0 Å². The number of nitrogens with zero attached hydrogens (tertiary/aromatic N) is 3. The van der Waals surface area contributed by atoms with Crippen molar-refractivity contribution in [1.82, 2.24) is 19.9 Å². The number of aromatic nitrogens is 3. The van der Waals surface area contributed by atoms with Gasteiger partial charge in [-0.1, -0.05) is 6.07 Å². The van der Waals surface area contributed by atoms with Crippen molar-refractivity contribution in [2.45, 2.75) is 26.4 Å². The van der Waals surface area contributed by atoms with Crippen molar-refractivity contribution in [1.29, 1.82) is 0 Å². The second kappa shape index (κ2) is 5.75. The highest BCUT2D eigenvalue weighted by Crippen LogP contribution is 2.17. The van der Waals surface area contributed by atoms with E-state index < -0.39 is 0 Å². The van der Waals surface area contributed by atoms with Crippen molar-refractivity contribution in [2.24, 2.45) is 0 Å². The molecule has 2 aromatic rings. The Morgan fingerprint density at radius 3 is 2.84 bits per heavy atom. The minimum absolute atomic E-state index is 0.110. The molecule has 0 aromatic carbocycles. The van der Waals surface area contributed by atoms with Crippen LogP contribution in [0.4, 0.5) is 0 Å². The van der Waals surface area contributed by atoms with Gasteiger partial charge in [0.15, 0.2) is 0 Å². The summed E-state index contributed by atoms with van der Waals surface area (Å²) in [5.41, 5.74) is 1.67. The van der Waals surface area contributed by atoms with E-state index in [9.17, 15) is 4.79 Å². The van der Waals surface area contributed by atoms with Gasteiger partial charge in [0.25, 0.3) is 5.56 Å². The lowest BCUT2D eigenvalue weighted by molar-refractivity contribution is 0.245. The van der Waals surface area contributed by atoms with Crippen LogP contribution >= 0.6 is 0 Å². The largest absolute Gasteiger partial charge is 0.311 e. The fourth-order valence-corrected chi connectivity index (χ4v) is 1.96. The number of aryl methyl sites for hydroxylation is 1. The summed E-state index contributed by atoms with van der Waals surface area (Å²) in [6, 6.07) is 7.58. The van der Waals surface area contributed by atoms with E-state index >= 15 is 0 Å². The third-order valence-electron chi connectivity index (χ3n) is 3.10. The van der Waals surface area contributed by atoms with E-state index in [-0.39, 0.29) is 11.6 Å². The minimum atomic E-state index is -0.110. The number of hydrogen-bond donors (Lipinski definition) is 1. The Balaban J connectivity index is 2.12. The maximum Gasteiger partial charge on any atom is 0.251 e. The van der Waals surface area contributed by atoms with Crippen molar-refractivity contribution >= 4 is 0 Å². The van der Waals surface area contributed by atoms with Gasteiger partial charge in [0.2, 0.25) is 0 Å². The van der Waals surface area contributed by atoms with Gasteiger partial charge in [-0.25, -0.2) is 4.98 Å². The van der Waals surface area contributed by atoms with Gasteiger partial charge < -0.3 is 4.98 Å². The lowest BCUT2D eigenvalue weighted by atomic mass is 10.2. The highest BCUT2D eigenvalue weighted by atomic mass is 16.1. The van der Waals surface area contributed by atoms with E-state index in [1.54, 1.807) is 13.1 Å². The molecule has 0 amide bonds. The number of hydrogen-bond acceptors (Lipinski definition) is 4. The zero-order chi connectivity index (χ0) is 13.8. The van der Waals surface area contributed by atoms with Gasteiger partial charge >= 0.3 is 0 Å². The molecule has 2 aromatic heterocycles. The maximum absolute atomic E-state index is 11.4. The minimum Gasteiger partial charge on any atom is -0.311 e. The predicted octanol–water partition coefficient (Wildman–Crippen LogP) is 1.67. The molecule has 0 fully saturated rings. The molecule has 1 unspecified atom stereocenters. The first-order chi connectivity index (χ1) is 9.06. The van der Waals surface area contributed by atoms with Gasteiger partial charge in [0.05, 0.1) is 11.4 Å². The molecule has 2 heterocycles. The quantitative estimate of drug-likeness (QED) is 0.906. The summed E-state index contributed by atoms with van der Waals surface area (Å²) < 4.78 is 0. The molecule has 0 spiro atoms. The predicted molar refractivity (Wildman–Crippen MR) is 73.7 cm³/mol. The van der Waals surface area contributed by atoms with Crippen molar-refractivity contribution in [2.75, 3.05) is 7.05 Å².